The lowest BCUT2D eigenvalue weighted by Gasteiger charge is -2.02. The number of unbranched alkanes of at least 4 members (excludes halogenated alkanes) is 10. The summed E-state index contributed by atoms with van der Waals surface area (Å²) in [7, 11) is 1.45. The molecule has 0 saturated heterocycles. The highest BCUT2D eigenvalue weighted by Gasteiger charge is 1.99. The molecule has 126 valence electrons. The van der Waals surface area contributed by atoms with Gasteiger partial charge in [0.2, 0.25) is 0 Å². The van der Waals surface area contributed by atoms with Gasteiger partial charge in [0.25, 0.3) is 0 Å². The molecule has 0 aliphatic carbocycles. The molecule has 22 heavy (non-hydrogen) atoms. The molecule has 0 aliphatic rings. The molecule has 0 aromatic heterocycles. The van der Waals surface area contributed by atoms with E-state index in [0.29, 0.717) is 13.0 Å². The number of allylic oxidation sites excluding steroid dienone is 1. The standard InChI is InChI=1S/C17H31N3O2/c1-22-17(21)15-13-11-9-7-5-3-2-4-6-8-10-12-14-16-19-20-18/h12,14H,2-11,13,15-16H2,1H3/b14-12-. The van der Waals surface area contributed by atoms with E-state index in [1.54, 1.807) is 0 Å². The molecule has 0 heterocycles. The van der Waals surface area contributed by atoms with Gasteiger partial charge in [0.1, 0.15) is 0 Å². The van der Waals surface area contributed by atoms with Crippen molar-refractivity contribution >= 4 is 5.97 Å². The second-order valence-electron chi connectivity index (χ2n) is 5.54. The molecule has 5 heteroatoms. The summed E-state index contributed by atoms with van der Waals surface area (Å²) in [5.74, 6) is -0.0902. The van der Waals surface area contributed by atoms with Gasteiger partial charge in [-0.1, -0.05) is 68.6 Å². The molecule has 5 nitrogen and oxygen atoms in total. The van der Waals surface area contributed by atoms with Crippen molar-refractivity contribution in [3.63, 3.8) is 0 Å². The molecule has 0 atom stereocenters. The maximum Gasteiger partial charge on any atom is 0.305 e. The number of ether oxygens (including phenoxy) is 1. The van der Waals surface area contributed by atoms with Crippen LogP contribution in [0.5, 0.6) is 0 Å². The fourth-order valence-corrected chi connectivity index (χ4v) is 2.32. The van der Waals surface area contributed by atoms with E-state index < -0.39 is 0 Å². The Morgan fingerprint density at radius 2 is 1.50 bits per heavy atom. The highest BCUT2D eigenvalue weighted by Crippen LogP contribution is 2.12. The van der Waals surface area contributed by atoms with Gasteiger partial charge in [-0.15, -0.1) is 0 Å². The number of esters is 1. The number of carbonyl (C=O) groups excluding carboxylic acids is 1. The van der Waals surface area contributed by atoms with E-state index in [2.05, 4.69) is 20.8 Å². The molecular formula is C17H31N3O2. The maximum absolute atomic E-state index is 10.9. The highest BCUT2D eigenvalue weighted by atomic mass is 16.5. The van der Waals surface area contributed by atoms with Crippen molar-refractivity contribution in [2.24, 2.45) is 5.11 Å². The summed E-state index contributed by atoms with van der Waals surface area (Å²) >= 11 is 0. The molecule has 0 amide bonds. The van der Waals surface area contributed by atoms with Crippen LogP contribution in [0.2, 0.25) is 0 Å². The van der Waals surface area contributed by atoms with Crippen molar-refractivity contribution < 1.29 is 9.53 Å². The first-order valence-corrected chi connectivity index (χ1v) is 8.54. The van der Waals surface area contributed by atoms with Gasteiger partial charge >= 0.3 is 5.97 Å². The molecule has 0 saturated carbocycles. The Morgan fingerprint density at radius 3 is 2.05 bits per heavy atom. The SMILES string of the molecule is COC(=O)CCCCCCCCCCCC/C=C\CN=[N+]=[N-]. The Labute approximate surface area is 134 Å². The molecule has 0 unspecified atom stereocenters. The van der Waals surface area contributed by atoms with Gasteiger partial charge in [0, 0.05) is 17.9 Å². The highest BCUT2D eigenvalue weighted by molar-refractivity contribution is 5.68. The summed E-state index contributed by atoms with van der Waals surface area (Å²) in [5.41, 5.74) is 8.11. The van der Waals surface area contributed by atoms with Gasteiger partial charge in [-0.3, -0.25) is 4.79 Å². The lowest BCUT2D eigenvalue weighted by Crippen LogP contribution is -1.99. The quantitative estimate of drug-likeness (QED) is 0.0970. The predicted octanol–water partition coefficient (Wildman–Crippen LogP) is 5.71. The number of carbonyl (C=O) groups is 1. The first-order chi connectivity index (χ1) is 10.8. The second kappa shape index (κ2) is 17.6. The van der Waals surface area contributed by atoms with Crippen LogP contribution in [-0.2, 0) is 9.53 Å². The molecule has 0 spiro atoms. The molecule has 0 aliphatic heterocycles. The van der Waals surface area contributed by atoms with E-state index in [0.717, 1.165) is 19.3 Å². The van der Waals surface area contributed by atoms with Crippen LogP contribution in [0.4, 0.5) is 0 Å². The summed E-state index contributed by atoms with van der Waals surface area (Å²) < 4.78 is 4.61. The monoisotopic (exact) mass is 309 g/mol. The van der Waals surface area contributed by atoms with Crippen molar-refractivity contribution in [1.82, 2.24) is 0 Å². The van der Waals surface area contributed by atoms with Crippen molar-refractivity contribution in [3.05, 3.63) is 22.6 Å². The van der Waals surface area contributed by atoms with Crippen LogP contribution in [0, 0.1) is 0 Å². The lowest BCUT2D eigenvalue weighted by molar-refractivity contribution is -0.140. The minimum absolute atomic E-state index is 0.0902. The number of nitrogens with zero attached hydrogens (tertiary/aromatic N) is 3. The molecular weight excluding hydrogens is 278 g/mol. The minimum atomic E-state index is -0.0902. The predicted molar refractivity (Wildman–Crippen MR) is 90.6 cm³/mol. The zero-order valence-electron chi connectivity index (χ0n) is 14.0. The van der Waals surface area contributed by atoms with Gasteiger partial charge < -0.3 is 4.74 Å². The number of methoxy groups -OCH3 is 1. The molecule has 0 rings (SSSR count). The molecule has 0 N–H and O–H groups in total. The molecule has 0 aromatic carbocycles. The van der Waals surface area contributed by atoms with Gasteiger partial charge in [-0.05, 0) is 24.8 Å². The van der Waals surface area contributed by atoms with E-state index in [4.69, 9.17) is 5.53 Å². The van der Waals surface area contributed by atoms with Crippen LogP contribution in [0.25, 0.3) is 10.4 Å². The van der Waals surface area contributed by atoms with E-state index >= 15 is 0 Å². The van der Waals surface area contributed by atoms with Crippen LogP contribution >= 0.6 is 0 Å². The fraction of sp³-hybridized carbons (Fsp3) is 0.824. The summed E-state index contributed by atoms with van der Waals surface area (Å²) in [6, 6.07) is 0. The molecule has 0 aromatic rings. The number of hydrogen-bond donors (Lipinski definition) is 0. The second-order valence-corrected chi connectivity index (χ2v) is 5.54. The van der Waals surface area contributed by atoms with Gasteiger partial charge in [0.05, 0.1) is 7.11 Å². The van der Waals surface area contributed by atoms with Crippen molar-refractivity contribution in [3.8, 4) is 0 Å². The van der Waals surface area contributed by atoms with Crippen molar-refractivity contribution in [1.29, 1.82) is 0 Å². The topological polar surface area (TPSA) is 75.1 Å². The normalized spacial score (nSPS) is 10.6. The first kappa shape index (κ1) is 20.5. The third kappa shape index (κ3) is 16.6. The Morgan fingerprint density at radius 1 is 0.955 bits per heavy atom. The van der Waals surface area contributed by atoms with Crippen molar-refractivity contribution in [2.45, 2.75) is 77.0 Å². The first-order valence-electron chi connectivity index (χ1n) is 8.54. The van der Waals surface area contributed by atoms with Gasteiger partial charge in [-0.25, -0.2) is 0 Å². The van der Waals surface area contributed by atoms with Gasteiger partial charge in [-0.2, -0.15) is 0 Å². The maximum atomic E-state index is 10.9. The zero-order chi connectivity index (χ0) is 16.3. The van der Waals surface area contributed by atoms with Gasteiger partial charge in [0.15, 0.2) is 0 Å². The summed E-state index contributed by atoms with van der Waals surface area (Å²) in [4.78, 5) is 13.6. The summed E-state index contributed by atoms with van der Waals surface area (Å²) in [6.07, 6.45) is 18.1. The Bertz CT molecular complexity index is 337. The van der Waals surface area contributed by atoms with Crippen LogP contribution in [-0.4, -0.2) is 19.6 Å². The largest absolute Gasteiger partial charge is 0.469 e. The fourth-order valence-electron chi connectivity index (χ4n) is 2.32. The third-order valence-corrected chi connectivity index (χ3v) is 3.65. The van der Waals surface area contributed by atoms with E-state index in [1.165, 1.54) is 58.5 Å². The smallest absolute Gasteiger partial charge is 0.305 e. The van der Waals surface area contributed by atoms with Crippen LogP contribution < -0.4 is 0 Å². The summed E-state index contributed by atoms with van der Waals surface area (Å²) in [5, 5.41) is 3.45. The molecule has 0 bridgehead atoms. The minimum Gasteiger partial charge on any atom is -0.469 e. The van der Waals surface area contributed by atoms with Crippen LogP contribution in [0.3, 0.4) is 0 Å². The summed E-state index contributed by atoms with van der Waals surface area (Å²) in [6.45, 7) is 0.468. The number of azide groups is 1. The molecule has 0 radical (unpaired) electrons. The van der Waals surface area contributed by atoms with E-state index in [1.807, 2.05) is 6.08 Å². The lowest BCUT2D eigenvalue weighted by atomic mass is 10.1. The van der Waals surface area contributed by atoms with E-state index in [9.17, 15) is 4.79 Å². The third-order valence-electron chi connectivity index (χ3n) is 3.65. The zero-order valence-corrected chi connectivity index (χ0v) is 14.0. The molecule has 0 fully saturated rings. The Balaban J connectivity index is 3.10. The van der Waals surface area contributed by atoms with Crippen LogP contribution in [0.15, 0.2) is 17.3 Å². The average molecular weight is 309 g/mol. The van der Waals surface area contributed by atoms with E-state index in [-0.39, 0.29) is 5.97 Å². The Kier molecular flexibility index (Phi) is 16.4. The van der Waals surface area contributed by atoms with Crippen LogP contribution in [0.1, 0.15) is 77.0 Å². The Hall–Kier alpha value is -1.48. The number of hydrogen-bond acceptors (Lipinski definition) is 3. The number of rotatable bonds is 15. The average Bonchev–Trinajstić information content (AvgIpc) is 2.54. The van der Waals surface area contributed by atoms with Crippen molar-refractivity contribution in [2.75, 3.05) is 13.7 Å².